The lowest BCUT2D eigenvalue weighted by molar-refractivity contribution is 0.566. The van der Waals surface area contributed by atoms with E-state index < -0.39 is 57.8 Å². The Kier molecular flexibility index (Phi) is 8.41. The van der Waals surface area contributed by atoms with Crippen LogP contribution >= 0.6 is 0 Å². The molecule has 0 saturated carbocycles. The molecule has 0 aliphatic rings. The Morgan fingerprint density at radius 3 is 1.70 bits per heavy atom. The second kappa shape index (κ2) is 8.98. The van der Waals surface area contributed by atoms with Gasteiger partial charge in [-0.25, -0.2) is 25.3 Å². The molecule has 0 heterocycles. The lowest BCUT2D eigenvalue weighted by atomic mass is 10.3. The fraction of sp³-hybridized carbons (Fsp3) is 0.571. The van der Waals surface area contributed by atoms with Crippen LogP contribution in [-0.4, -0.2) is 59.3 Å². The molecule has 9 heteroatoms. The molecule has 0 rings (SSSR count). The van der Waals surface area contributed by atoms with Crippen LogP contribution in [0.5, 0.6) is 0 Å². The van der Waals surface area contributed by atoms with Crippen molar-refractivity contribution in [3.05, 3.63) is 0 Å². The van der Waals surface area contributed by atoms with Crippen molar-refractivity contribution in [2.24, 2.45) is 0 Å². The van der Waals surface area contributed by atoms with Gasteiger partial charge in [-0.15, -0.1) is 19.3 Å². The molecule has 0 radical (unpaired) electrons. The lowest BCUT2D eigenvalue weighted by Crippen LogP contribution is -2.32. The molecule has 0 saturated heterocycles. The van der Waals surface area contributed by atoms with Crippen molar-refractivity contribution in [2.45, 2.75) is 18.1 Å². The molecule has 0 aromatic rings. The highest BCUT2D eigenvalue weighted by Crippen LogP contribution is 2.14. The summed E-state index contributed by atoms with van der Waals surface area (Å²) in [5, 5.41) is -1.29. The van der Waals surface area contributed by atoms with E-state index in [-0.39, 0.29) is 18.6 Å². The highest BCUT2D eigenvalue weighted by molar-refractivity contribution is 7.95. The van der Waals surface area contributed by atoms with E-state index in [2.05, 4.69) is 0 Å². The van der Waals surface area contributed by atoms with Gasteiger partial charge in [0.1, 0.15) is 17.3 Å². The zero-order valence-corrected chi connectivity index (χ0v) is 14.9. The number of hydrogen-bond donors (Lipinski definition) is 0. The van der Waals surface area contributed by atoms with Gasteiger partial charge in [0.05, 0.1) is 16.8 Å². The summed E-state index contributed by atoms with van der Waals surface area (Å²) in [4.78, 5) is 0. The second-order valence-corrected chi connectivity index (χ2v) is 11.4. The summed E-state index contributed by atoms with van der Waals surface area (Å²) in [7, 11) is -11.1. The van der Waals surface area contributed by atoms with Gasteiger partial charge >= 0.3 is 0 Å². The molecule has 128 valence electrons. The summed E-state index contributed by atoms with van der Waals surface area (Å²) in [6.07, 6.45) is 14.7. The Morgan fingerprint density at radius 1 is 0.739 bits per heavy atom. The first kappa shape index (κ1) is 21.5. The Bertz CT molecular complexity index is 828. The van der Waals surface area contributed by atoms with E-state index in [4.69, 9.17) is 19.3 Å². The molecular weight excluding hydrogens is 360 g/mol. The van der Waals surface area contributed by atoms with Crippen LogP contribution in [0, 0.1) is 37.0 Å². The van der Waals surface area contributed by atoms with Gasteiger partial charge in [-0.1, -0.05) is 17.8 Å². The van der Waals surface area contributed by atoms with Crippen LogP contribution in [0.2, 0.25) is 0 Å². The van der Waals surface area contributed by atoms with E-state index in [1.807, 2.05) is 17.8 Å². The Labute approximate surface area is 138 Å². The van der Waals surface area contributed by atoms with Gasteiger partial charge in [0, 0.05) is 0 Å². The molecule has 0 aliphatic carbocycles. The Morgan fingerprint density at radius 2 is 1.22 bits per heavy atom. The van der Waals surface area contributed by atoms with Crippen LogP contribution in [0.4, 0.5) is 0 Å². The quantitative estimate of drug-likeness (QED) is 0.465. The molecule has 0 amide bonds. The summed E-state index contributed by atoms with van der Waals surface area (Å²) >= 11 is 0. The minimum atomic E-state index is -3.87. The van der Waals surface area contributed by atoms with Crippen molar-refractivity contribution in [2.75, 3.05) is 28.8 Å². The SMILES string of the molecule is C#CCS(=O)(=O)CCCC(CS(=O)(=O)CC#C)S(=O)(=O)CC#C. The number of sulfone groups is 3. The normalized spacial score (nSPS) is 13.4. The third kappa shape index (κ3) is 8.66. The summed E-state index contributed by atoms with van der Waals surface area (Å²) in [6.45, 7) is 0. The average Bonchev–Trinajstić information content (AvgIpc) is 2.36. The molecule has 0 fully saturated rings. The first-order valence-corrected chi connectivity index (χ1v) is 11.8. The summed E-state index contributed by atoms with van der Waals surface area (Å²) < 4.78 is 70.6. The lowest BCUT2D eigenvalue weighted by Gasteiger charge is -2.16. The molecule has 6 nitrogen and oxygen atoms in total. The first-order chi connectivity index (χ1) is 10.5. The van der Waals surface area contributed by atoms with E-state index in [1.54, 1.807) is 0 Å². The fourth-order valence-corrected chi connectivity index (χ4v) is 6.35. The molecule has 0 bridgehead atoms. The highest BCUT2D eigenvalue weighted by Gasteiger charge is 2.30. The van der Waals surface area contributed by atoms with Gasteiger partial charge in [0.25, 0.3) is 0 Å². The van der Waals surface area contributed by atoms with E-state index in [0.29, 0.717) is 0 Å². The topological polar surface area (TPSA) is 102 Å². The third-order valence-electron chi connectivity index (χ3n) is 2.82. The van der Waals surface area contributed by atoms with Crippen LogP contribution in [-0.2, 0) is 29.5 Å². The molecule has 0 aliphatic heterocycles. The van der Waals surface area contributed by atoms with E-state index in [0.717, 1.165) is 0 Å². The second-order valence-electron chi connectivity index (χ2n) is 4.83. The molecule has 0 aromatic heterocycles. The van der Waals surface area contributed by atoms with Crippen molar-refractivity contribution in [3.63, 3.8) is 0 Å². The summed E-state index contributed by atoms with van der Waals surface area (Å²) in [5.74, 6) is 3.24. The van der Waals surface area contributed by atoms with Gasteiger partial charge in [-0.3, -0.25) is 0 Å². The molecule has 1 atom stereocenters. The highest BCUT2D eigenvalue weighted by atomic mass is 32.2. The average molecular weight is 378 g/mol. The van der Waals surface area contributed by atoms with E-state index in [9.17, 15) is 25.3 Å². The predicted octanol–water partition coefficient (Wildman–Crippen LogP) is -0.721. The zero-order chi connectivity index (χ0) is 18.1. The van der Waals surface area contributed by atoms with Crippen molar-refractivity contribution < 1.29 is 25.3 Å². The fourth-order valence-electron chi connectivity index (χ4n) is 1.80. The summed E-state index contributed by atoms with van der Waals surface area (Å²) in [5.41, 5.74) is 0. The van der Waals surface area contributed by atoms with Gasteiger partial charge in [-0.05, 0) is 12.8 Å². The van der Waals surface area contributed by atoms with Gasteiger partial charge in [0.15, 0.2) is 29.5 Å². The van der Waals surface area contributed by atoms with Crippen LogP contribution in [0.3, 0.4) is 0 Å². The van der Waals surface area contributed by atoms with E-state index >= 15 is 0 Å². The minimum Gasteiger partial charge on any atom is -0.228 e. The van der Waals surface area contributed by atoms with Gasteiger partial charge in [0.2, 0.25) is 0 Å². The van der Waals surface area contributed by atoms with Crippen LogP contribution < -0.4 is 0 Å². The maximum Gasteiger partial charge on any atom is 0.165 e. The molecular formula is C14H18O6S3. The van der Waals surface area contributed by atoms with Crippen LogP contribution in [0.1, 0.15) is 12.8 Å². The zero-order valence-electron chi connectivity index (χ0n) is 12.4. The smallest absolute Gasteiger partial charge is 0.165 e. The maximum atomic E-state index is 12.1. The summed E-state index contributed by atoms with van der Waals surface area (Å²) in [6, 6.07) is 0. The predicted molar refractivity (Wildman–Crippen MR) is 90.6 cm³/mol. The molecule has 1 unspecified atom stereocenters. The van der Waals surface area contributed by atoms with Crippen LogP contribution in [0.15, 0.2) is 0 Å². The monoisotopic (exact) mass is 378 g/mol. The van der Waals surface area contributed by atoms with Gasteiger partial charge < -0.3 is 0 Å². The number of hydrogen-bond acceptors (Lipinski definition) is 6. The number of terminal acetylenes is 3. The molecule has 0 aromatic carbocycles. The van der Waals surface area contributed by atoms with Crippen molar-refractivity contribution in [3.8, 4) is 37.0 Å². The van der Waals surface area contributed by atoms with Crippen molar-refractivity contribution in [1.29, 1.82) is 0 Å². The molecule has 0 spiro atoms. The van der Waals surface area contributed by atoms with E-state index in [1.165, 1.54) is 0 Å². The first-order valence-electron chi connectivity index (χ1n) is 6.42. The standard InChI is InChI=1S/C14H18O6S3/c1-4-9-21(15,16)12-7-8-14(23(19,20)11-6-3)13-22(17,18)10-5-2/h1-3,14H,7-13H2. The molecule has 23 heavy (non-hydrogen) atoms. The largest absolute Gasteiger partial charge is 0.228 e. The van der Waals surface area contributed by atoms with Crippen molar-refractivity contribution >= 4 is 29.5 Å². The van der Waals surface area contributed by atoms with Gasteiger partial charge in [-0.2, -0.15) is 0 Å². The minimum absolute atomic E-state index is 0.0376. The molecule has 0 N–H and O–H groups in total. The Hall–Kier alpha value is -1.47. The maximum absolute atomic E-state index is 12.1. The third-order valence-corrected chi connectivity index (χ3v) is 8.05. The van der Waals surface area contributed by atoms with Crippen molar-refractivity contribution in [1.82, 2.24) is 0 Å². The van der Waals surface area contributed by atoms with Crippen LogP contribution in [0.25, 0.3) is 0 Å². The number of rotatable bonds is 10. The Balaban J connectivity index is 5.16.